The zero-order valence-electron chi connectivity index (χ0n) is 11.2. The van der Waals surface area contributed by atoms with Crippen LogP contribution in [0.4, 0.5) is 8.78 Å². The van der Waals surface area contributed by atoms with E-state index in [2.05, 4.69) is 5.32 Å². The summed E-state index contributed by atoms with van der Waals surface area (Å²) in [5.74, 6) is -0.993. The number of benzene rings is 1. The Kier molecular flexibility index (Phi) is 6.22. The molecule has 0 heterocycles. The van der Waals surface area contributed by atoms with Gasteiger partial charge in [-0.1, -0.05) is 19.9 Å². The largest absolute Gasteiger partial charge is 0.380 e. The Balaban J connectivity index is 2.89. The maximum atomic E-state index is 13.6. The van der Waals surface area contributed by atoms with Crippen molar-refractivity contribution in [1.29, 1.82) is 0 Å². The van der Waals surface area contributed by atoms with E-state index in [1.165, 1.54) is 18.2 Å². The first-order chi connectivity index (χ1) is 8.63. The smallest absolute Gasteiger partial charge is 0.129 e. The molecule has 18 heavy (non-hydrogen) atoms. The number of rotatable bonds is 7. The summed E-state index contributed by atoms with van der Waals surface area (Å²) < 4.78 is 32.6. The summed E-state index contributed by atoms with van der Waals surface area (Å²) in [7, 11) is 1.62. The molecule has 4 heteroatoms. The fourth-order valence-electron chi connectivity index (χ4n) is 2.16. The van der Waals surface area contributed by atoms with Crippen LogP contribution in [-0.4, -0.2) is 25.8 Å². The molecule has 0 bridgehead atoms. The number of hydrogen-bond acceptors (Lipinski definition) is 2. The fourth-order valence-corrected chi connectivity index (χ4v) is 2.16. The normalized spacial score (nSPS) is 14.5. The van der Waals surface area contributed by atoms with E-state index in [0.29, 0.717) is 6.42 Å². The molecule has 0 fully saturated rings. The summed E-state index contributed by atoms with van der Waals surface area (Å²) in [4.78, 5) is 0. The molecule has 0 saturated heterocycles. The summed E-state index contributed by atoms with van der Waals surface area (Å²) in [6.45, 7) is 4.70. The molecule has 0 aliphatic rings. The van der Waals surface area contributed by atoms with Crippen molar-refractivity contribution in [3.63, 3.8) is 0 Å². The minimum atomic E-state index is -0.496. The van der Waals surface area contributed by atoms with Gasteiger partial charge in [-0.2, -0.15) is 0 Å². The lowest BCUT2D eigenvalue weighted by Crippen LogP contribution is -2.42. The molecule has 1 N–H and O–H groups in total. The minimum Gasteiger partial charge on any atom is -0.380 e. The molecule has 2 atom stereocenters. The number of hydrogen-bond donors (Lipinski definition) is 1. The van der Waals surface area contributed by atoms with Gasteiger partial charge in [-0.15, -0.1) is 0 Å². The molecule has 102 valence electrons. The minimum absolute atomic E-state index is 0.0519. The van der Waals surface area contributed by atoms with E-state index < -0.39 is 11.6 Å². The van der Waals surface area contributed by atoms with Gasteiger partial charge >= 0.3 is 0 Å². The van der Waals surface area contributed by atoms with Crippen molar-refractivity contribution in [2.75, 3.05) is 13.7 Å². The zero-order chi connectivity index (χ0) is 13.5. The molecule has 0 aromatic heterocycles. The van der Waals surface area contributed by atoms with Crippen LogP contribution < -0.4 is 5.32 Å². The molecular weight excluding hydrogens is 236 g/mol. The topological polar surface area (TPSA) is 21.3 Å². The van der Waals surface area contributed by atoms with Crippen molar-refractivity contribution in [1.82, 2.24) is 5.32 Å². The van der Waals surface area contributed by atoms with Crippen LogP contribution in [-0.2, 0) is 11.2 Å². The maximum absolute atomic E-state index is 13.6. The van der Waals surface area contributed by atoms with E-state index >= 15 is 0 Å². The van der Waals surface area contributed by atoms with Crippen molar-refractivity contribution in [3.05, 3.63) is 35.4 Å². The molecule has 0 aliphatic carbocycles. The Morgan fingerprint density at radius 1 is 1.22 bits per heavy atom. The fraction of sp³-hybridized carbons (Fsp3) is 0.571. The highest BCUT2D eigenvalue weighted by Gasteiger charge is 2.22. The molecule has 1 rings (SSSR count). The van der Waals surface area contributed by atoms with Crippen molar-refractivity contribution in [3.8, 4) is 0 Å². The average Bonchev–Trinajstić information content (AvgIpc) is 2.35. The van der Waals surface area contributed by atoms with Gasteiger partial charge in [0.1, 0.15) is 11.6 Å². The second-order valence-electron chi connectivity index (χ2n) is 4.25. The van der Waals surface area contributed by atoms with Crippen LogP contribution in [0, 0.1) is 11.6 Å². The number of ether oxygens (including phenoxy) is 1. The summed E-state index contributed by atoms with van der Waals surface area (Å²) in [5, 5.41) is 3.23. The Bertz CT molecular complexity index is 347. The van der Waals surface area contributed by atoms with Gasteiger partial charge in [-0.3, -0.25) is 0 Å². The molecule has 0 amide bonds. The molecule has 0 saturated carbocycles. The molecule has 0 spiro atoms. The Labute approximate surface area is 107 Å². The third kappa shape index (κ3) is 3.75. The molecule has 1 aromatic carbocycles. The predicted octanol–water partition coefficient (Wildman–Crippen LogP) is 2.91. The second kappa shape index (κ2) is 7.44. The maximum Gasteiger partial charge on any atom is 0.129 e. The van der Waals surface area contributed by atoms with E-state index in [9.17, 15) is 8.78 Å². The zero-order valence-corrected chi connectivity index (χ0v) is 11.2. The number of nitrogens with one attached hydrogen (secondary N) is 1. The molecule has 0 aliphatic heterocycles. The van der Waals surface area contributed by atoms with Crippen molar-refractivity contribution >= 4 is 0 Å². The first-order valence-corrected chi connectivity index (χ1v) is 6.33. The van der Waals surface area contributed by atoms with Gasteiger partial charge in [0.25, 0.3) is 0 Å². The van der Waals surface area contributed by atoms with Gasteiger partial charge in [-0.25, -0.2) is 8.78 Å². The van der Waals surface area contributed by atoms with Crippen LogP contribution in [0.3, 0.4) is 0 Å². The van der Waals surface area contributed by atoms with Crippen LogP contribution in [0.25, 0.3) is 0 Å². The first kappa shape index (κ1) is 15.1. The van der Waals surface area contributed by atoms with E-state index in [-0.39, 0.29) is 17.7 Å². The van der Waals surface area contributed by atoms with Crippen LogP contribution >= 0.6 is 0 Å². The average molecular weight is 257 g/mol. The van der Waals surface area contributed by atoms with Crippen molar-refractivity contribution in [2.24, 2.45) is 0 Å². The van der Waals surface area contributed by atoms with E-state index in [0.717, 1.165) is 13.0 Å². The number of likely N-dealkylation sites (N-methyl/N-ethyl adjacent to an activating group) is 1. The third-order valence-corrected chi connectivity index (χ3v) is 3.11. The first-order valence-electron chi connectivity index (χ1n) is 6.33. The van der Waals surface area contributed by atoms with Gasteiger partial charge in [0.05, 0.1) is 6.10 Å². The molecule has 2 nitrogen and oxygen atoms in total. The SMILES string of the molecule is CCNC(Cc1c(F)cccc1F)C(CC)OC. The number of methoxy groups -OCH3 is 1. The van der Waals surface area contributed by atoms with Gasteiger partial charge in [-0.05, 0) is 31.5 Å². The van der Waals surface area contributed by atoms with E-state index in [1.54, 1.807) is 7.11 Å². The Morgan fingerprint density at radius 3 is 2.28 bits per heavy atom. The third-order valence-electron chi connectivity index (χ3n) is 3.11. The summed E-state index contributed by atoms with van der Waals surface area (Å²) in [6, 6.07) is 3.87. The van der Waals surface area contributed by atoms with Crippen LogP contribution in [0.15, 0.2) is 18.2 Å². The highest BCUT2D eigenvalue weighted by atomic mass is 19.1. The monoisotopic (exact) mass is 257 g/mol. The summed E-state index contributed by atoms with van der Waals surface area (Å²) >= 11 is 0. The van der Waals surface area contributed by atoms with Gasteiger partial charge < -0.3 is 10.1 Å². The predicted molar refractivity (Wildman–Crippen MR) is 68.6 cm³/mol. The van der Waals surface area contributed by atoms with Crippen LogP contribution in [0.5, 0.6) is 0 Å². The van der Waals surface area contributed by atoms with Gasteiger partial charge in [0.15, 0.2) is 0 Å². The Morgan fingerprint density at radius 2 is 1.83 bits per heavy atom. The highest BCUT2D eigenvalue weighted by molar-refractivity contribution is 5.21. The highest BCUT2D eigenvalue weighted by Crippen LogP contribution is 2.17. The van der Waals surface area contributed by atoms with E-state index in [1.807, 2.05) is 13.8 Å². The lowest BCUT2D eigenvalue weighted by molar-refractivity contribution is 0.0653. The lowest BCUT2D eigenvalue weighted by Gasteiger charge is -2.26. The molecular formula is C14H21F2NO. The molecule has 2 unspecified atom stereocenters. The van der Waals surface area contributed by atoms with E-state index in [4.69, 9.17) is 4.74 Å². The van der Waals surface area contributed by atoms with Crippen LogP contribution in [0.1, 0.15) is 25.8 Å². The van der Waals surface area contributed by atoms with Crippen molar-refractivity contribution in [2.45, 2.75) is 38.8 Å². The van der Waals surface area contributed by atoms with Crippen LogP contribution in [0.2, 0.25) is 0 Å². The lowest BCUT2D eigenvalue weighted by atomic mass is 9.98. The van der Waals surface area contributed by atoms with Gasteiger partial charge in [0, 0.05) is 18.7 Å². The quantitative estimate of drug-likeness (QED) is 0.811. The molecule has 1 aromatic rings. The number of halogens is 2. The van der Waals surface area contributed by atoms with Crippen molar-refractivity contribution < 1.29 is 13.5 Å². The summed E-state index contributed by atoms with van der Waals surface area (Å²) in [5.41, 5.74) is 0.124. The van der Waals surface area contributed by atoms with Gasteiger partial charge in [0.2, 0.25) is 0 Å². The second-order valence-corrected chi connectivity index (χ2v) is 4.25. The summed E-state index contributed by atoms with van der Waals surface area (Å²) in [6.07, 6.45) is 1.03. The Hall–Kier alpha value is -1.00. The standard InChI is InChI=1S/C14H21F2NO/c1-4-14(18-3)13(17-5-2)9-10-11(15)7-6-8-12(10)16/h6-8,13-14,17H,4-5,9H2,1-3H3. The molecule has 0 radical (unpaired) electrons.